The normalized spacial score (nSPS) is 13.2. The number of imide groups is 1. The quantitative estimate of drug-likeness (QED) is 0.516. The molecule has 31 heavy (non-hydrogen) atoms. The van der Waals surface area contributed by atoms with E-state index in [1.807, 2.05) is 0 Å². The summed E-state index contributed by atoms with van der Waals surface area (Å²) in [6, 6.07) is 13.1. The van der Waals surface area contributed by atoms with Crippen LogP contribution in [-0.4, -0.2) is 54.0 Å². The maximum atomic E-state index is 12.7. The van der Waals surface area contributed by atoms with Gasteiger partial charge in [-0.1, -0.05) is 24.3 Å². The Balaban J connectivity index is 1.59. The number of esters is 1. The Labute approximate surface area is 180 Å². The highest BCUT2D eigenvalue weighted by Gasteiger charge is 2.44. The van der Waals surface area contributed by atoms with Crippen molar-refractivity contribution in [1.29, 1.82) is 0 Å². The summed E-state index contributed by atoms with van der Waals surface area (Å²) >= 11 is 0. The summed E-state index contributed by atoms with van der Waals surface area (Å²) < 4.78 is 10.5. The highest BCUT2D eigenvalue weighted by atomic mass is 16.5. The van der Waals surface area contributed by atoms with Crippen LogP contribution in [0.4, 0.5) is 5.69 Å². The number of ether oxygens (including phenoxy) is 2. The lowest BCUT2D eigenvalue weighted by Crippen LogP contribution is -2.50. The predicted molar refractivity (Wildman–Crippen MR) is 113 cm³/mol. The van der Waals surface area contributed by atoms with E-state index >= 15 is 0 Å². The molecule has 0 bridgehead atoms. The number of amides is 3. The lowest BCUT2D eigenvalue weighted by molar-refractivity contribution is -0.121. The largest absolute Gasteiger partial charge is 0.462 e. The van der Waals surface area contributed by atoms with Crippen molar-refractivity contribution >= 4 is 29.4 Å². The number of fused-ring (bicyclic) bond motifs is 1. The van der Waals surface area contributed by atoms with Gasteiger partial charge in [-0.15, -0.1) is 0 Å². The van der Waals surface area contributed by atoms with Gasteiger partial charge < -0.3 is 14.8 Å². The second-order valence-corrected chi connectivity index (χ2v) is 7.61. The number of benzene rings is 2. The summed E-state index contributed by atoms with van der Waals surface area (Å²) in [4.78, 5) is 50.8. The minimum absolute atomic E-state index is 0.0363. The first-order valence-electron chi connectivity index (χ1n) is 9.88. The highest BCUT2D eigenvalue weighted by molar-refractivity contribution is 6.21. The van der Waals surface area contributed by atoms with Crippen molar-refractivity contribution in [1.82, 2.24) is 4.90 Å². The van der Waals surface area contributed by atoms with Gasteiger partial charge in [-0.05, 0) is 45.0 Å². The molecule has 3 amide bonds. The minimum atomic E-state index is -0.962. The van der Waals surface area contributed by atoms with Crippen molar-refractivity contribution in [2.24, 2.45) is 0 Å². The molecule has 0 atom stereocenters. The third-order valence-electron chi connectivity index (χ3n) is 4.78. The molecule has 1 heterocycles. The Bertz CT molecular complexity index is 995. The molecule has 0 saturated carbocycles. The molecule has 2 aromatic rings. The Morgan fingerprint density at radius 2 is 1.55 bits per heavy atom. The first kappa shape index (κ1) is 22.2. The Kier molecular flexibility index (Phi) is 6.50. The van der Waals surface area contributed by atoms with Crippen molar-refractivity contribution < 1.29 is 28.7 Å². The second kappa shape index (κ2) is 9.09. The predicted octanol–water partition coefficient (Wildman–Crippen LogP) is 2.89. The van der Waals surface area contributed by atoms with E-state index in [2.05, 4.69) is 5.32 Å². The molecule has 0 unspecified atom stereocenters. The third kappa shape index (κ3) is 4.64. The van der Waals surface area contributed by atoms with Gasteiger partial charge in [-0.3, -0.25) is 19.3 Å². The maximum absolute atomic E-state index is 12.7. The van der Waals surface area contributed by atoms with Crippen LogP contribution in [0.1, 0.15) is 51.8 Å². The topological polar surface area (TPSA) is 102 Å². The van der Waals surface area contributed by atoms with Gasteiger partial charge in [-0.2, -0.15) is 0 Å². The Morgan fingerprint density at radius 3 is 2.16 bits per heavy atom. The van der Waals surface area contributed by atoms with Crippen LogP contribution in [0, 0.1) is 0 Å². The zero-order valence-electron chi connectivity index (χ0n) is 17.6. The molecule has 3 rings (SSSR count). The van der Waals surface area contributed by atoms with E-state index in [1.165, 1.54) is 0 Å². The minimum Gasteiger partial charge on any atom is -0.462 e. The van der Waals surface area contributed by atoms with Gasteiger partial charge in [0.15, 0.2) is 0 Å². The summed E-state index contributed by atoms with van der Waals surface area (Å²) in [6.07, 6.45) is 0. The zero-order valence-corrected chi connectivity index (χ0v) is 17.6. The van der Waals surface area contributed by atoms with Crippen LogP contribution in [0.3, 0.4) is 0 Å². The standard InChI is InChI=1S/C23H24N2O6/c1-4-31-22(29)17-11-7-8-12-18(17)24-19(26)13-30-14-23(2,3)25-20(27)15-9-5-6-10-16(15)21(25)28/h5-12H,4,13-14H2,1-3H3,(H,24,26). The molecular formula is C23H24N2O6. The Hall–Kier alpha value is -3.52. The molecule has 8 nitrogen and oxygen atoms in total. The average molecular weight is 424 g/mol. The van der Waals surface area contributed by atoms with Gasteiger partial charge in [0.05, 0.1) is 41.1 Å². The average Bonchev–Trinajstić information content (AvgIpc) is 2.99. The van der Waals surface area contributed by atoms with Crippen LogP contribution >= 0.6 is 0 Å². The third-order valence-corrected chi connectivity index (χ3v) is 4.78. The molecule has 0 radical (unpaired) electrons. The molecule has 0 saturated heterocycles. The van der Waals surface area contributed by atoms with Crippen LogP contribution < -0.4 is 5.32 Å². The molecule has 2 aromatic carbocycles. The number of nitrogens with zero attached hydrogens (tertiary/aromatic N) is 1. The molecule has 0 spiro atoms. The van der Waals surface area contributed by atoms with Crippen LogP contribution in [-0.2, 0) is 14.3 Å². The molecule has 1 N–H and O–H groups in total. The van der Waals surface area contributed by atoms with Crippen LogP contribution in [0.25, 0.3) is 0 Å². The van der Waals surface area contributed by atoms with Gasteiger partial charge in [-0.25, -0.2) is 4.79 Å². The summed E-state index contributed by atoms with van der Waals surface area (Å²) in [5.41, 5.74) is 0.303. The first-order chi connectivity index (χ1) is 14.8. The fourth-order valence-corrected chi connectivity index (χ4v) is 3.36. The number of hydrogen-bond acceptors (Lipinski definition) is 6. The van der Waals surface area contributed by atoms with Gasteiger partial charge in [0.25, 0.3) is 11.8 Å². The van der Waals surface area contributed by atoms with Gasteiger partial charge in [0.1, 0.15) is 6.61 Å². The smallest absolute Gasteiger partial charge is 0.340 e. The van der Waals surface area contributed by atoms with Crippen molar-refractivity contribution in [3.05, 3.63) is 65.2 Å². The molecule has 8 heteroatoms. The molecule has 162 valence electrons. The molecule has 0 aromatic heterocycles. The number of hydrogen-bond donors (Lipinski definition) is 1. The van der Waals surface area contributed by atoms with E-state index in [1.54, 1.807) is 69.3 Å². The molecule has 1 aliphatic heterocycles. The van der Waals surface area contributed by atoms with Gasteiger partial charge >= 0.3 is 5.97 Å². The number of para-hydroxylation sites is 1. The summed E-state index contributed by atoms with van der Waals surface area (Å²) in [6.45, 7) is 4.96. The Morgan fingerprint density at radius 1 is 0.968 bits per heavy atom. The fourth-order valence-electron chi connectivity index (χ4n) is 3.36. The molecular weight excluding hydrogens is 400 g/mol. The maximum Gasteiger partial charge on any atom is 0.340 e. The number of carbonyl (C=O) groups excluding carboxylic acids is 4. The molecule has 0 fully saturated rings. The van der Waals surface area contributed by atoms with E-state index in [0.717, 1.165) is 4.90 Å². The second-order valence-electron chi connectivity index (χ2n) is 7.61. The monoisotopic (exact) mass is 424 g/mol. The zero-order chi connectivity index (χ0) is 22.6. The number of carbonyl (C=O) groups is 4. The van der Waals surface area contributed by atoms with Crippen molar-refractivity contribution in [2.45, 2.75) is 26.3 Å². The number of nitrogens with one attached hydrogen (secondary N) is 1. The fraction of sp³-hybridized carbons (Fsp3) is 0.304. The molecule has 1 aliphatic rings. The SMILES string of the molecule is CCOC(=O)c1ccccc1NC(=O)COCC(C)(C)N1C(=O)c2ccccc2C1=O. The van der Waals surface area contributed by atoms with Gasteiger partial charge in [0, 0.05) is 0 Å². The number of rotatable bonds is 8. The van der Waals surface area contributed by atoms with E-state index in [4.69, 9.17) is 9.47 Å². The summed E-state index contributed by atoms with van der Waals surface area (Å²) in [5.74, 6) is -1.79. The highest BCUT2D eigenvalue weighted by Crippen LogP contribution is 2.29. The van der Waals surface area contributed by atoms with Crippen LogP contribution in [0.5, 0.6) is 0 Å². The van der Waals surface area contributed by atoms with Crippen LogP contribution in [0.15, 0.2) is 48.5 Å². The summed E-state index contributed by atoms with van der Waals surface area (Å²) in [7, 11) is 0. The van der Waals surface area contributed by atoms with Gasteiger partial charge in [0.2, 0.25) is 5.91 Å². The van der Waals surface area contributed by atoms with E-state index in [0.29, 0.717) is 16.8 Å². The lowest BCUT2D eigenvalue weighted by Gasteiger charge is -2.33. The van der Waals surface area contributed by atoms with Crippen molar-refractivity contribution in [2.75, 3.05) is 25.1 Å². The van der Waals surface area contributed by atoms with Crippen molar-refractivity contribution in [3.8, 4) is 0 Å². The van der Waals surface area contributed by atoms with E-state index in [-0.39, 0.29) is 37.2 Å². The lowest BCUT2D eigenvalue weighted by atomic mass is 10.0. The number of anilines is 1. The summed E-state index contributed by atoms with van der Waals surface area (Å²) in [5, 5.41) is 2.63. The molecule has 0 aliphatic carbocycles. The van der Waals surface area contributed by atoms with Crippen molar-refractivity contribution in [3.63, 3.8) is 0 Å². The van der Waals surface area contributed by atoms with E-state index < -0.39 is 17.4 Å². The van der Waals surface area contributed by atoms with E-state index in [9.17, 15) is 19.2 Å². The van der Waals surface area contributed by atoms with Crippen LogP contribution in [0.2, 0.25) is 0 Å². The first-order valence-corrected chi connectivity index (χ1v) is 9.88.